The lowest BCUT2D eigenvalue weighted by molar-refractivity contribution is 0.404. The normalized spacial score (nSPS) is 20.5. The minimum Gasteiger partial charge on any atom is -0.396 e. The smallest absolute Gasteiger partial charge is 0.0652 e. The van der Waals surface area contributed by atoms with E-state index in [2.05, 4.69) is 5.32 Å². The first-order valence-electron chi connectivity index (χ1n) is 4.55. The van der Waals surface area contributed by atoms with Gasteiger partial charge in [0.15, 0.2) is 0 Å². The van der Waals surface area contributed by atoms with Crippen molar-refractivity contribution >= 4 is 6.21 Å². The molecule has 1 fully saturated rings. The van der Waals surface area contributed by atoms with Gasteiger partial charge in [-0.3, -0.25) is 0 Å². The molecule has 0 radical (unpaired) electrons. The third-order valence-electron chi connectivity index (χ3n) is 2.26. The van der Waals surface area contributed by atoms with Crippen LogP contribution in [0.3, 0.4) is 0 Å². The summed E-state index contributed by atoms with van der Waals surface area (Å²) < 4.78 is 0. The second kappa shape index (κ2) is 4.80. The Kier molecular flexibility index (Phi) is 3.64. The number of nitrogens with one attached hydrogen (secondary N) is 2. The average molecular weight is 167 g/mol. The molecular weight excluding hydrogens is 150 g/mol. The summed E-state index contributed by atoms with van der Waals surface area (Å²) in [5, 5.41) is 10.1. The highest BCUT2D eigenvalue weighted by molar-refractivity contribution is 5.73. The zero-order valence-corrected chi connectivity index (χ0v) is 7.34. The van der Waals surface area contributed by atoms with Crippen LogP contribution in [0, 0.1) is 5.41 Å². The number of nitrogens with two attached hydrogens (primary N) is 1. The minimum absolute atomic E-state index is 0.501. The molecule has 68 valence electrons. The second-order valence-corrected chi connectivity index (χ2v) is 3.29. The van der Waals surface area contributed by atoms with E-state index in [9.17, 15) is 0 Å². The van der Waals surface area contributed by atoms with E-state index >= 15 is 0 Å². The first kappa shape index (κ1) is 9.10. The van der Waals surface area contributed by atoms with Crippen LogP contribution < -0.4 is 11.1 Å². The van der Waals surface area contributed by atoms with Gasteiger partial charge in [-0.25, -0.2) is 0 Å². The SMILES string of the molecule is N=C/C(N)=C\NC1CCCCC1. The van der Waals surface area contributed by atoms with Crippen LogP contribution in [0.1, 0.15) is 32.1 Å². The van der Waals surface area contributed by atoms with Gasteiger partial charge >= 0.3 is 0 Å². The third-order valence-corrected chi connectivity index (χ3v) is 2.26. The van der Waals surface area contributed by atoms with E-state index < -0.39 is 0 Å². The van der Waals surface area contributed by atoms with Crippen molar-refractivity contribution in [2.75, 3.05) is 0 Å². The summed E-state index contributed by atoms with van der Waals surface area (Å²) in [6, 6.07) is 0.581. The van der Waals surface area contributed by atoms with Gasteiger partial charge in [-0.15, -0.1) is 0 Å². The first-order chi connectivity index (χ1) is 5.83. The third kappa shape index (κ3) is 2.95. The predicted molar refractivity (Wildman–Crippen MR) is 51.1 cm³/mol. The lowest BCUT2D eigenvalue weighted by atomic mass is 9.96. The molecule has 0 aromatic heterocycles. The largest absolute Gasteiger partial charge is 0.396 e. The average Bonchev–Trinajstić information content (AvgIpc) is 2.16. The van der Waals surface area contributed by atoms with E-state index in [1.807, 2.05) is 0 Å². The van der Waals surface area contributed by atoms with Crippen molar-refractivity contribution in [1.29, 1.82) is 5.41 Å². The van der Waals surface area contributed by atoms with Crippen molar-refractivity contribution < 1.29 is 0 Å². The molecular formula is C9H17N3. The van der Waals surface area contributed by atoms with E-state index in [-0.39, 0.29) is 0 Å². The highest BCUT2D eigenvalue weighted by Crippen LogP contribution is 2.17. The monoisotopic (exact) mass is 167 g/mol. The highest BCUT2D eigenvalue weighted by atomic mass is 14.9. The summed E-state index contributed by atoms with van der Waals surface area (Å²) in [7, 11) is 0. The van der Waals surface area contributed by atoms with Crippen molar-refractivity contribution in [3.8, 4) is 0 Å². The number of hydrogen-bond donors (Lipinski definition) is 3. The molecule has 1 aliphatic rings. The molecule has 1 saturated carbocycles. The maximum Gasteiger partial charge on any atom is 0.0652 e. The quantitative estimate of drug-likeness (QED) is 0.556. The molecule has 0 aromatic rings. The van der Waals surface area contributed by atoms with Gasteiger partial charge in [0.1, 0.15) is 0 Å². The molecule has 0 aliphatic heterocycles. The van der Waals surface area contributed by atoms with E-state index in [4.69, 9.17) is 11.1 Å². The van der Waals surface area contributed by atoms with Crippen molar-refractivity contribution in [3.05, 3.63) is 11.9 Å². The summed E-state index contributed by atoms with van der Waals surface area (Å²) >= 11 is 0. The van der Waals surface area contributed by atoms with Crippen LogP contribution in [0.4, 0.5) is 0 Å². The Labute approximate surface area is 73.5 Å². The summed E-state index contributed by atoms with van der Waals surface area (Å²) in [5.74, 6) is 0. The van der Waals surface area contributed by atoms with Crippen LogP contribution in [0.5, 0.6) is 0 Å². The summed E-state index contributed by atoms with van der Waals surface area (Å²) in [6.07, 6.45) is 9.37. The van der Waals surface area contributed by atoms with E-state index in [0.29, 0.717) is 11.7 Å². The minimum atomic E-state index is 0.501. The number of rotatable bonds is 3. The first-order valence-corrected chi connectivity index (χ1v) is 4.55. The van der Waals surface area contributed by atoms with Crippen molar-refractivity contribution in [1.82, 2.24) is 5.32 Å². The molecule has 3 nitrogen and oxygen atoms in total. The zero-order chi connectivity index (χ0) is 8.81. The maximum absolute atomic E-state index is 6.87. The molecule has 0 spiro atoms. The molecule has 3 heteroatoms. The Morgan fingerprint density at radius 1 is 1.33 bits per heavy atom. The maximum atomic E-state index is 6.87. The molecule has 0 atom stereocenters. The van der Waals surface area contributed by atoms with Crippen LogP contribution in [0.2, 0.25) is 0 Å². The van der Waals surface area contributed by atoms with Gasteiger partial charge in [0.2, 0.25) is 0 Å². The van der Waals surface area contributed by atoms with Gasteiger partial charge in [0.05, 0.1) is 5.70 Å². The molecule has 1 rings (SSSR count). The molecule has 0 bridgehead atoms. The zero-order valence-electron chi connectivity index (χ0n) is 7.34. The van der Waals surface area contributed by atoms with Gasteiger partial charge in [0, 0.05) is 18.5 Å². The van der Waals surface area contributed by atoms with Gasteiger partial charge in [-0.05, 0) is 12.8 Å². The fourth-order valence-electron chi connectivity index (χ4n) is 1.52. The molecule has 0 amide bonds. The Morgan fingerprint density at radius 2 is 2.00 bits per heavy atom. The van der Waals surface area contributed by atoms with Gasteiger partial charge in [-0.2, -0.15) is 0 Å². The number of allylic oxidation sites excluding steroid dienone is 1. The molecule has 1 aliphatic carbocycles. The lowest BCUT2D eigenvalue weighted by Gasteiger charge is -2.21. The standard InChI is InChI=1S/C9H17N3/c10-6-8(11)7-12-9-4-2-1-3-5-9/h6-7,9-10,12H,1-5,11H2/b8-7+,10-6?. The molecule has 0 heterocycles. The Hall–Kier alpha value is -0.990. The lowest BCUT2D eigenvalue weighted by Crippen LogP contribution is -2.27. The molecule has 12 heavy (non-hydrogen) atoms. The molecule has 0 unspecified atom stereocenters. The molecule has 0 saturated heterocycles. The van der Waals surface area contributed by atoms with Crippen LogP contribution >= 0.6 is 0 Å². The van der Waals surface area contributed by atoms with Crippen LogP contribution in [0.15, 0.2) is 11.9 Å². The van der Waals surface area contributed by atoms with Crippen molar-refractivity contribution in [2.24, 2.45) is 5.73 Å². The van der Waals surface area contributed by atoms with Gasteiger partial charge in [0.25, 0.3) is 0 Å². The fourth-order valence-corrected chi connectivity index (χ4v) is 1.52. The van der Waals surface area contributed by atoms with E-state index in [1.54, 1.807) is 6.20 Å². The van der Waals surface area contributed by atoms with Crippen LogP contribution in [-0.2, 0) is 0 Å². The van der Waals surface area contributed by atoms with Crippen LogP contribution in [0.25, 0.3) is 0 Å². The predicted octanol–water partition coefficient (Wildman–Crippen LogP) is 1.36. The summed E-state index contributed by atoms with van der Waals surface area (Å²) in [6.45, 7) is 0. The highest BCUT2D eigenvalue weighted by Gasteiger charge is 2.10. The Balaban J connectivity index is 2.25. The summed E-state index contributed by atoms with van der Waals surface area (Å²) in [4.78, 5) is 0. The summed E-state index contributed by atoms with van der Waals surface area (Å²) in [5.41, 5.74) is 5.95. The topological polar surface area (TPSA) is 61.9 Å². The Morgan fingerprint density at radius 3 is 2.58 bits per heavy atom. The fraction of sp³-hybridized carbons (Fsp3) is 0.667. The van der Waals surface area contributed by atoms with E-state index in [0.717, 1.165) is 6.21 Å². The Bertz CT molecular complexity index is 169. The van der Waals surface area contributed by atoms with Crippen LogP contribution in [-0.4, -0.2) is 12.3 Å². The van der Waals surface area contributed by atoms with Gasteiger partial charge < -0.3 is 16.5 Å². The van der Waals surface area contributed by atoms with Crippen molar-refractivity contribution in [3.63, 3.8) is 0 Å². The number of hydrogen-bond acceptors (Lipinski definition) is 3. The molecule has 4 N–H and O–H groups in total. The van der Waals surface area contributed by atoms with Gasteiger partial charge in [-0.1, -0.05) is 19.3 Å². The molecule has 0 aromatic carbocycles. The second-order valence-electron chi connectivity index (χ2n) is 3.29. The van der Waals surface area contributed by atoms with Crippen molar-refractivity contribution in [2.45, 2.75) is 38.1 Å². The van der Waals surface area contributed by atoms with E-state index in [1.165, 1.54) is 32.1 Å².